The Morgan fingerprint density at radius 2 is 2.00 bits per heavy atom. The molecule has 0 bridgehead atoms. The molecule has 0 aromatic heterocycles. The minimum absolute atomic E-state index is 0.0138. The fraction of sp³-hybridized carbons (Fsp3) is 0.500. The van der Waals surface area contributed by atoms with Crippen molar-refractivity contribution >= 4 is 17.3 Å². The first-order chi connectivity index (χ1) is 8.65. The van der Waals surface area contributed by atoms with Crippen molar-refractivity contribution < 1.29 is 18.6 Å². The Labute approximate surface area is 111 Å². The third kappa shape index (κ3) is 5.08. The first kappa shape index (κ1) is 15.0. The molecule has 1 aromatic rings. The van der Waals surface area contributed by atoms with Crippen molar-refractivity contribution in [2.75, 3.05) is 39.3 Å². The van der Waals surface area contributed by atoms with E-state index in [2.05, 4.69) is 0 Å². The molecule has 6 heteroatoms. The van der Waals surface area contributed by atoms with Gasteiger partial charge in [0, 0.05) is 25.3 Å². The zero-order chi connectivity index (χ0) is 13.4. The van der Waals surface area contributed by atoms with Crippen LogP contribution in [-0.4, -0.2) is 33.5 Å². The quantitative estimate of drug-likeness (QED) is 0.586. The molecule has 0 atom stereocenters. The number of anilines is 1. The van der Waals surface area contributed by atoms with Crippen molar-refractivity contribution in [1.29, 1.82) is 0 Å². The van der Waals surface area contributed by atoms with Crippen LogP contribution in [0.2, 0.25) is 5.02 Å². The Kier molecular flexibility index (Phi) is 6.78. The second kappa shape index (κ2) is 8.13. The number of ether oxygens (including phenoxy) is 3. The first-order valence-electron chi connectivity index (χ1n) is 5.59. The lowest BCUT2D eigenvalue weighted by Crippen LogP contribution is -2.10. The van der Waals surface area contributed by atoms with E-state index < -0.39 is 5.82 Å². The van der Waals surface area contributed by atoms with Crippen molar-refractivity contribution in [3.63, 3.8) is 0 Å². The number of halogens is 2. The maximum Gasteiger partial charge on any atom is 0.178 e. The fourth-order valence-electron chi connectivity index (χ4n) is 1.34. The van der Waals surface area contributed by atoms with Crippen LogP contribution in [0.4, 0.5) is 10.1 Å². The maximum absolute atomic E-state index is 13.4. The SMILES string of the molecule is COCCCOCCOc1c(N)cc(Cl)cc1F. The second-order valence-electron chi connectivity index (χ2n) is 3.61. The van der Waals surface area contributed by atoms with E-state index in [0.29, 0.717) is 19.8 Å². The van der Waals surface area contributed by atoms with E-state index in [9.17, 15) is 4.39 Å². The van der Waals surface area contributed by atoms with Gasteiger partial charge in [0.1, 0.15) is 6.61 Å². The van der Waals surface area contributed by atoms with Gasteiger partial charge in [-0.3, -0.25) is 0 Å². The Balaban J connectivity index is 2.27. The van der Waals surface area contributed by atoms with E-state index >= 15 is 0 Å². The van der Waals surface area contributed by atoms with E-state index in [0.717, 1.165) is 12.5 Å². The molecule has 0 fully saturated rings. The normalized spacial score (nSPS) is 10.6. The second-order valence-corrected chi connectivity index (χ2v) is 4.05. The summed E-state index contributed by atoms with van der Waals surface area (Å²) in [5, 5.41) is 0.244. The summed E-state index contributed by atoms with van der Waals surface area (Å²) in [7, 11) is 1.63. The van der Waals surface area contributed by atoms with E-state index in [1.165, 1.54) is 6.07 Å². The van der Waals surface area contributed by atoms with Gasteiger partial charge in [0.05, 0.1) is 12.3 Å². The summed E-state index contributed by atoms with van der Waals surface area (Å²) in [6.45, 7) is 1.83. The van der Waals surface area contributed by atoms with E-state index in [1.54, 1.807) is 7.11 Å². The zero-order valence-electron chi connectivity index (χ0n) is 10.2. The molecule has 0 radical (unpaired) electrons. The number of methoxy groups -OCH3 is 1. The van der Waals surface area contributed by atoms with Crippen LogP contribution in [0.15, 0.2) is 12.1 Å². The van der Waals surface area contributed by atoms with Gasteiger partial charge in [-0.1, -0.05) is 11.6 Å². The molecule has 2 N–H and O–H groups in total. The zero-order valence-corrected chi connectivity index (χ0v) is 11.0. The average molecular weight is 278 g/mol. The van der Waals surface area contributed by atoms with Crippen LogP contribution in [0.3, 0.4) is 0 Å². The van der Waals surface area contributed by atoms with Crippen molar-refractivity contribution in [2.24, 2.45) is 0 Å². The van der Waals surface area contributed by atoms with Gasteiger partial charge >= 0.3 is 0 Å². The third-order valence-corrected chi connectivity index (χ3v) is 2.37. The Bertz CT molecular complexity index is 353. The summed E-state index contributed by atoms with van der Waals surface area (Å²) >= 11 is 5.64. The first-order valence-corrected chi connectivity index (χ1v) is 5.97. The maximum atomic E-state index is 13.4. The molecule has 0 saturated carbocycles. The van der Waals surface area contributed by atoms with Crippen LogP contribution in [0, 0.1) is 5.82 Å². The Hall–Kier alpha value is -1.04. The number of benzene rings is 1. The molecular weight excluding hydrogens is 261 g/mol. The minimum Gasteiger partial charge on any atom is -0.486 e. The summed E-state index contributed by atoms with van der Waals surface area (Å²) in [5.41, 5.74) is 5.78. The lowest BCUT2D eigenvalue weighted by molar-refractivity contribution is 0.0799. The van der Waals surface area contributed by atoms with Gasteiger partial charge in [-0.25, -0.2) is 4.39 Å². The molecule has 0 unspecified atom stereocenters. The van der Waals surface area contributed by atoms with Crippen molar-refractivity contribution in [1.82, 2.24) is 0 Å². The predicted octanol–water partition coefficient (Wildman–Crippen LogP) is 2.49. The molecule has 0 aliphatic heterocycles. The Morgan fingerprint density at radius 3 is 2.67 bits per heavy atom. The van der Waals surface area contributed by atoms with Gasteiger partial charge < -0.3 is 19.9 Å². The van der Waals surface area contributed by atoms with Gasteiger partial charge in [-0.15, -0.1) is 0 Å². The van der Waals surface area contributed by atoms with E-state index in [1.807, 2.05) is 0 Å². The Morgan fingerprint density at radius 1 is 1.22 bits per heavy atom. The van der Waals surface area contributed by atoms with Crippen molar-refractivity contribution in [3.05, 3.63) is 23.0 Å². The molecule has 0 aliphatic carbocycles. The molecular formula is C12H17ClFNO3. The van der Waals surface area contributed by atoms with Crippen LogP contribution < -0.4 is 10.5 Å². The molecule has 18 heavy (non-hydrogen) atoms. The van der Waals surface area contributed by atoms with Crippen LogP contribution in [0.25, 0.3) is 0 Å². The highest BCUT2D eigenvalue weighted by Crippen LogP contribution is 2.28. The highest BCUT2D eigenvalue weighted by Gasteiger charge is 2.09. The molecule has 0 amide bonds. The lowest BCUT2D eigenvalue weighted by Gasteiger charge is -2.10. The van der Waals surface area contributed by atoms with Crippen molar-refractivity contribution in [2.45, 2.75) is 6.42 Å². The summed E-state index contributed by atoms with van der Waals surface area (Å²) in [6, 6.07) is 2.60. The van der Waals surface area contributed by atoms with Crippen molar-refractivity contribution in [3.8, 4) is 5.75 Å². The molecule has 4 nitrogen and oxygen atoms in total. The standard InChI is InChI=1S/C12H17ClFNO3/c1-16-3-2-4-17-5-6-18-12-10(14)7-9(13)8-11(12)15/h7-8H,2-6,15H2,1H3. The fourth-order valence-corrected chi connectivity index (χ4v) is 1.56. The summed E-state index contributed by atoms with van der Waals surface area (Å²) in [5.74, 6) is -0.556. The third-order valence-electron chi connectivity index (χ3n) is 2.15. The van der Waals surface area contributed by atoms with Gasteiger partial charge in [-0.05, 0) is 18.6 Å². The number of nitrogens with two attached hydrogens (primary N) is 1. The number of hydrogen-bond donors (Lipinski definition) is 1. The average Bonchev–Trinajstić information content (AvgIpc) is 2.30. The highest BCUT2D eigenvalue weighted by molar-refractivity contribution is 6.30. The largest absolute Gasteiger partial charge is 0.486 e. The topological polar surface area (TPSA) is 53.7 Å². The molecule has 0 spiro atoms. The number of rotatable bonds is 8. The molecule has 1 aromatic carbocycles. The predicted molar refractivity (Wildman–Crippen MR) is 68.6 cm³/mol. The highest BCUT2D eigenvalue weighted by atomic mass is 35.5. The van der Waals surface area contributed by atoms with Crippen LogP contribution >= 0.6 is 11.6 Å². The van der Waals surface area contributed by atoms with Crippen LogP contribution in [0.1, 0.15) is 6.42 Å². The number of hydrogen-bond acceptors (Lipinski definition) is 4. The molecule has 102 valence electrons. The molecule has 0 heterocycles. The van der Waals surface area contributed by atoms with E-state index in [4.69, 9.17) is 31.5 Å². The molecule has 0 saturated heterocycles. The summed E-state index contributed by atoms with van der Waals surface area (Å²) in [6.07, 6.45) is 0.813. The van der Waals surface area contributed by atoms with Gasteiger partial charge in [0.25, 0.3) is 0 Å². The van der Waals surface area contributed by atoms with E-state index in [-0.39, 0.29) is 23.1 Å². The van der Waals surface area contributed by atoms with Gasteiger partial charge in [0.2, 0.25) is 0 Å². The van der Waals surface area contributed by atoms with Crippen LogP contribution in [0.5, 0.6) is 5.75 Å². The summed E-state index contributed by atoms with van der Waals surface area (Å²) < 4.78 is 28.8. The monoisotopic (exact) mass is 277 g/mol. The summed E-state index contributed by atoms with van der Waals surface area (Å²) in [4.78, 5) is 0. The van der Waals surface area contributed by atoms with Crippen LogP contribution in [-0.2, 0) is 9.47 Å². The minimum atomic E-state index is -0.570. The molecule has 0 aliphatic rings. The molecule has 1 rings (SSSR count). The number of nitrogen functional groups attached to an aromatic ring is 1. The van der Waals surface area contributed by atoms with Gasteiger partial charge in [-0.2, -0.15) is 0 Å². The van der Waals surface area contributed by atoms with Gasteiger partial charge in [0.15, 0.2) is 11.6 Å². The smallest absolute Gasteiger partial charge is 0.178 e. The lowest BCUT2D eigenvalue weighted by atomic mass is 10.3.